The summed E-state index contributed by atoms with van der Waals surface area (Å²) in [6.45, 7) is 1.82. The molecule has 0 saturated carbocycles. The van der Waals surface area contributed by atoms with E-state index < -0.39 is 0 Å². The lowest BCUT2D eigenvalue weighted by atomic mass is 10.1. The Balaban J connectivity index is 2.42. The van der Waals surface area contributed by atoms with Crippen molar-refractivity contribution in [1.82, 2.24) is 4.98 Å². The smallest absolute Gasteiger partial charge is 0.237 e. The van der Waals surface area contributed by atoms with Gasteiger partial charge in [-0.3, -0.25) is 0 Å². The maximum Gasteiger partial charge on any atom is 0.237 e. The van der Waals surface area contributed by atoms with Crippen molar-refractivity contribution >= 4 is 0 Å². The Morgan fingerprint density at radius 2 is 2.05 bits per heavy atom. The molecule has 1 aromatic heterocycles. The summed E-state index contributed by atoms with van der Waals surface area (Å²) in [7, 11) is 0. The molecule has 0 fully saturated rings. The van der Waals surface area contributed by atoms with Crippen molar-refractivity contribution in [3.8, 4) is 17.7 Å². The fraction of sp³-hybridized carbons (Fsp3) is 0.200. The molecule has 0 aliphatic carbocycles. The van der Waals surface area contributed by atoms with Crippen LogP contribution in [0.4, 0.5) is 0 Å². The van der Waals surface area contributed by atoms with E-state index in [2.05, 4.69) is 11.1 Å². The van der Waals surface area contributed by atoms with Gasteiger partial charge < -0.3 is 9.84 Å². The van der Waals surface area contributed by atoms with Crippen LogP contribution < -0.4 is 4.74 Å². The molecule has 2 aromatic rings. The van der Waals surface area contributed by atoms with Crippen molar-refractivity contribution < 1.29 is 9.84 Å². The zero-order valence-electron chi connectivity index (χ0n) is 10.6. The number of ether oxygens (including phenoxy) is 1. The van der Waals surface area contributed by atoms with Crippen LogP contribution in [0, 0.1) is 18.3 Å². The van der Waals surface area contributed by atoms with E-state index >= 15 is 0 Å². The van der Waals surface area contributed by atoms with Crippen molar-refractivity contribution in [2.45, 2.75) is 13.3 Å². The first-order chi connectivity index (χ1) is 9.24. The average molecular weight is 254 g/mol. The number of aromatic nitrogens is 1. The van der Waals surface area contributed by atoms with Gasteiger partial charge in [0.15, 0.2) is 0 Å². The van der Waals surface area contributed by atoms with Crippen LogP contribution in [-0.2, 0) is 6.42 Å². The zero-order chi connectivity index (χ0) is 13.7. The molecule has 0 atom stereocenters. The Morgan fingerprint density at radius 1 is 1.32 bits per heavy atom. The number of aliphatic hydroxyl groups excluding tert-OH is 1. The quantitative estimate of drug-likeness (QED) is 0.910. The minimum Gasteiger partial charge on any atom is -0.438 e. The van der Waals surface area contributed by atoms with Crippen molar-refractivity contribution in [1.29, 1.82) is 5.26 Å². The third-order valence-electron chi connectivity index (χ3n) is 2.65. The second kappa shape index (κ2) is 5.98. The van der Waals surface area contributed by atoms with Crippen LogP contribution in [0.15, 0.2) is 36.4 Å². The van der Waals surface area contributed by atoms with E-state index in [4.69, 9.17) is 9.84 Å². The van der Waals surface area contributed by atoms with Gasteiger partial charge in [0.25, 0.3) is 0 Å². The van der Waals surface area contributed by atoms with E-state index in [1.165, 1.54) is 0 Å². The van der Waals surface area contributed by atoms with Crippen molar-refractivity contribution in [3.63, 3.8) is 0 Å². The third kappa shape index (κ3) is 3.09. The number of aryl methyl sites for hydroxylation is 1. The van der Waals surface area contributed by atoms with E-state index in [-0.39, 0.29) is 12.5 Å². The molecular weight excluding hydrogens is 240 g/mol. The number of rotatable bonds is 4. The number of nitriles is 1. The van der Waals surface area contributed by atoms with Crippen molar-refractivity contribution in [2.24, 2.45) is 0 Å². The van der Waals surface area contributed by atoms with Gasteiger partial charge in [-0.1, -0.05) is 18.2 Å². The van der Waals surface area contributed by atoms with Gasteiger partial charge in [0, 0.05) is 12.3 Å². The number of para-hydroxylation sites is 1. The highest BCUT2D eigenvalue weighted by Crippen LogP contribution is 2.26. The lowest BCUT2D eigenvalue weighted by Crippen LogP contribution is -2.01. The molecule has 4 nitrogen and oxygen atoms in total. The number of nitrogens with zero attached hydrogens (tertiary/aromatic N) is 2. The Labute approximate surface area is 111 Å². The molecule has 0 aliphatic heterocycles. The summed E-state index contributed by atoms with van der Waals surface area (Å²) < 4.78 is 5.65. The SMILES string of the molecule is Cc1cc(CCO)c(C#N)c(Oc2ccccc2)n1. The summed E-state index contributed by atoms with van der Waals surface area (Å²) in [5.74, 6) is 0.921. The highest BCUT2D eigenvalue weighted by molar-refractivity contribution is 5.47. The van der Waals surface area contributed by atoms with Crippen LogP contribution in [0.1, 0.15) is 16.8 Å². The molecule has 0 radical (unpaired) electrons. The molecule has 2 rings (SSSR count). The molecule has 0 spiro atoms. The number of benzene rings is 1. The minimum absolute atomic E-state index is 0.0110. The molecule has 0 bridgehead atoms. The normalized spacial score (nSPS) is 9.95. The topological polar surface area (TPSA) is 66.1 Å². The van der Waals surface area contributed by atoms with Crippen LogP contribution in [0.3, 0.4) is 0 Å². The van der Waals surface area contributed by atoms with E-state index in [0.29, 0.717) is 17.7 Å². The van der Waals surface area contributed by atoms with Gasteiger partial charge in [-0.25, -0.2) is 4.98 Å². The van der Waals surface area contributed by atoms with Gasteiger partial charge in [-0.05, 0) is 37.1 Å². The number of hydrogen-bond acceptors (Lipinski definition) is 4. The fourth-order valence-electron chi connectivity index (χ4n) is 1.82. The molecule has 0 amide bonds. The maximum atomic E-state index is 9.24. The van der Waals surface area contributed by atoms with Gasteiger partial charge >= 0.3 is 0 Å². The van der Waals surface area contributed by atoms with Crippen LogP contribution in [0.5, 0.6) is 11.6 Å². The standard InChI is InChI=1S/C15H14N2O2/c1-11-9-12(7-8-18)14(10-16)15(17-11)19-13-5-3-2-4-6-13/h2-6,9,18H,7-8H2,1H3. The fourth-order valence-corrected chi connectivity index (χ4v) is 1.82. The maximum absolute atomic E-state index is 9.24. The molecule has 96 valence electrons. The van der Waals surface area contributed by atoms with Gasteiger partial charge in [0.05, 0.1) is 0 Å². The Kier molecular flexibility index (Phi) is 4.11. The summed E-state index contributed by atoms with van der Waals surface area (Å²) in [5.41, 5.74) is 1.89. The van der Waals surface area contributed by atoms with Gasteiger partial charge in [-0.15, -0.1) is 0 Å². The minimum atomic E-state index is -0.0110. The first-order valence-corrected chi connectivity index (χ1v) is 5.99. The van der Waals surface area contributed by atoms with E-state index in [9.17, 15) is 5.26 Å². The molecule has 1 heterocycles. The van der Waals surface area contributed by atoms with Crippen molar-refractivity contribution in [3.05, 3.63) is 53.2 Å². The highest BCUT2D eigenvalue weighted by Gasteiger charge is 2.13. The summed E-state index contributed by atoms with van der Waals surface area (Å²) in [6.07, 6.45) is 0.414. The monoisotopic (exact) mass is 254 g/mol. The number of aliphatic hydroxyl groups is 1. The Bertz CT molecular complexity index is 604. The van der Waals surface area contributed by atoms with Gasteiger partial charge in [0.2, 0.25) is 5.88 Å². The van der Waals surface area contributed by atoms with Crippen LogP contribution in [-0.4, -0.2) is 16.7 Å². The van der Waals surface area contributed by atoms with Crippen molar-refractivity contribution in [2.75, 3.05) is 6.61 Å². The highest BCUT2D eigenvalue weighted by atomic mass is 16.5. The molecule has 0 unspecified atom stereocenters. The molecule has 0 saturated heterocycles. The summed E-state index contributed by atoms with van der Waals surface area (Å²) >= 11 is 0. The second-order valence-corrected chi connectivity index (χ2v) is 4.10. The molecule has 1 aromatic carbocycles. The van der Waals surface area contributed by atoms with Gasteiger partial charge in [-0.2, -0.15) is 5.26 Å². The molecular formula is C15H14N2O2. The first-order valence-electron chi connectivity index (χ1n) is 5.99. The summed E-state index contributed by atoms with van der Waals surface area (Å²) in [4.78, 5) is 4.26. The number of pyridine rings is 1. The molecule has 1 N–H and O–H groups in total. The Morgan fingerprint density at radius 3 is 2.68 bits per heavy atom. The van der Waals surface area contributed by atoms with E-state index in [1.54, 1.807) is 18.2 Å². The summed E-state index contributed by atoms with van der Waals surface area (Å²) in [5, 5.41) is 18.3. The zero-order valence-corrected chi connectivity index (χ0v) is 10.6. The molecule has 19 heavy (non-hydrogen) atoms. The van der Waals surface area contributed by atoms with Gasteiger partial charge in [0.1, 0.15) is 17.4 Å². The van der Waals surface area contributed by atoms with Crippen LogP contribution >= 0.6 is 0 Å². The largest absolute Gasteiger partial charge is 0.438 e. The predicted octanol–water partition coefficient (Wildman–Crippen LogP) is 2.59. The molecule has 4 heteroatoms. The Hall–Kier alpha value is -2.38. The van der Waals surface area contributed by atoms with Crippen LogP contribution in [0.25, 0.3) is 0 Å². The second-order valence-electron chi connectivity index (χ2n) is 4.10. The lowest BCUT2D eigenvalue weighted by Gasteiger charge is -2.10. The lowest BCUT2D eigenvalue weighted by molar-refractivity contribution is 0.299. The number of hydrogen-bond donors (Lipinski definition) is 1. The van der Waals surface area contributed by atoms with E-state index in [1.807, 2.05) is 25.1 Å². The first kappa shape index (κ1) is 13.1. The van der Waals surface area contributed by atoms with Crippen LogP contribution in [0.2, 0.25) is 0 Å². The predicted molar refractivity (Wildman–Crippen MR) is 71.0 cm³/mol. The summed E-state index contributed by atoms with van der Waals surface area (Å²) in [6, 6.07) is 13.1. The van der Waals surface area contributed by atoms with E-state index in [0.717, 1.165) is 11.3 Å². The third-order valence-corrected chi connectivity index (χ3v) is 2.65. The molecule has 0 aliphatic rings. The average Bonchev–Trinajstić information content (AvgIpc) is 2.40.